The maximum absolute atomic E-state index is 11.9. The van der Waals surface area contributed by atoms with Crippen LogP contribution in [-0.4, -0.2) is 10.6 Å². The Balaban J connectivity index is 2.83. The lowest BCUT2D eigenvalue weighted by molar-refractivity contribution is 0.0978. The van der Waals surface area contributed by atoms with Gasteiger partial charge in [-0.25, -0.2) is 0 Å². The van der Waals surface area contributed by atoms with Crippen molar-refractivity contribution in [1.29, 1.82) is 0 Å². The molecule has 1 aromatic rings. The van der Waals surface area contributed by atoms with Gasteiger partial charge in [-0.05, 0) is 17.9 Å². The molecule has 0 heterocycles. The third-order valence-electron chi connectivity index (χ3n) is 2.48. The number of hydrogen-bond acceptors (Lipinski definition) is 1. The Morgan fingerprint density at radius 3 is 2.20 bits per heavy atom. The van der Waals surface area contributed by atoms with Gasteiger partial charge in [0.15, 0.2) is 5.78 Å². The molecule has 0 N–H and O–H groups in total. The van der Waals surface area contributed by atoms with E-state index in [1.54, 1.807) is 0 Å². The normalized spacial score (nSPS) is 12.9. The topological polar surface area (TPSA) is 17.1 Å². The van der Waals surface area contributed by atoms with Crippen LogP contribution in [0.2, 0.25) is 0 Å². The lowest BCUT2D eigenvalue weighted by Gasteiger charge is -2.12. The summed E-state index contributed by atoms with van der Waals surface area (Å²) in [6, 6.07) is 7.87. The zero-order chi connectivity index (χ0) is 11.4. The van der Waals surface area contributed by atoms with Gasteiger partial charge in [0.1, 0.15) is 0 Å². The highest BCUT2D eigenvalue weighted by Crippen LogP contribution is 2.18. The van der Waals surface area contributed by atoms with Gasteiger partial charge >= 0.3 is 0 Å². The van der Waals surface area contributed by atoms with Gasteiger partial charge in [-0.1, -0.05) is 61.0 Å². The van der Waals surface area contributed by atoms with Crippen molar-refractivity contribution in [2.75, 3.05) is 0 Å². The minimum Gasteiger partial charge on any atom is -0.293 e. The maximum atomic E-state index is 11.9. The first kappa shape index (κ1) is 12.4. The zero-order valence-corrected chi connectivity index (χ0v) is 11.0. The van der Waals surface area contributed by atoms with Crippen molar-refractivity contribution in [3.05, 3.63) is 35.4 Å². The van der Waals surface area contributed by atoms with E-state index in [0.29, 0.717) is 5.92 Å². The Bertz CT molecular complexity index is 327. The van der Waals surface area contributed by atoms with Crippen LogP contribution in [0.3, 0.4) is 0 Å². The lowest BCUT2D eigenvalue weighted by atomic mass is 10.00. The average Bonchev–Trinajstić information content (AvgIpc) is 2.27. The summed E-state index contributed by atoms with van der Waals surface area (Å²) < 4.78 is 0. The molecule has 0 aliphatic heterocycles. The minimum absolute atomic E-state index is 0.0787. The van der Waals surface area contributed by atoms with Crippen LogP contribution in [0.4, 0.5) is 0 Å². The minimum atomic E-state index is -0.0787. The molecule has 0 aliphatic rings. The molecule has 2 heteroatoms. The van der Waals surface area contributed by atoms with Gasteiger partial charge in [0, 0.05) is 5.56 Å². The van der Waals surface area contributed by atoms with Crippen LogP contribution in [0.25, 0.3) is 0 Å². The molecular weight excluding hydrogens is 252 g/mol. The van der Waals surface area contributed by atoms with Crippen molar-refractivity contribution < 1.29 is 4.79 Å². The van der Waals surface area contributed by atoms with Crippen LogP contribution in [0.5, 0.6) is 0 Å². The summed E-state index contributed by atoms with van der Waals surface area (Å²) in [6.07, 6.45) is 1.01. The first-order chi connectivity index (χ1) is 7.06. The molecule has 0 amide bonds. The Hall–Kier alpha value is -0.630. The molecule has 0 saturated carbocycles. The van der Waals surface area contributed by atoms with Crippen molar-refractivity contribution in [2.45, 2.75) is 32.0 Å². The summed E-state index contributed by atoms with van der Waals surface area (Å²) in [6.45, 7) is 6.19. The summed E-state index contributed by atoms with van der Waals surface area (Å²) in [4.78, 5) is 11.9. The number of benzene rings is 1. The third-order valence-corrected chi connectivity index (χ3v) is 3.96. The predicted octanol–water partition coefficient (Wildman–Crippen LogP) is 3.85. The third kappa shape index (κ3) is 3.16. The van der Waals surface area contributed by atoms with E-state index in [1.165, 1.54) is 5.56 Å². The molecule has 1 atom stereocenters. The summed E-state index contributed by atoms with van der Waals surface area (Å²) >= 11 is 3.43. The number of Topliss-reactive ketones (excluding diaryl/α,β-unsaturated/α-hetero) is 1. The lowest BCUT2D eigenvalue weighted by Crippen LogP contribution is -2.19. The van der Waals surface area contributed by atoms with E-state index in [-0.39, 0.29) is 10.6 Å². The SMILES string of the molecule is CCc1ccc(C(=O)C(Br)C(C)C)cc1. The van der Waals surface area contributed by atoms with Gasteiger partial charge in [-0.2, -0.15) is 0 Å². The van der Waals surface area contributed by atoms with E-state index in [2.05, 4.69) is 22.9 Å². The standard InChI is InChI=1S/C13H17BrO/c1-4-10-5-7-11(8-6-10)13(15)12(14)9(2)3/h5-9,12H,4H2,1-3H3. The molecule has 0 aromatic heterocycles. The van der Waals surface area contributed by atoms with Crippen molar-refractivity contribution in [3.63, 3.8) is 0 Å². The molecule has 0 aliphatic carbocycles. The summed E-state index contributed by atoms with van der Waals surface area (Å²) in [7, 11) is 0. The Kier molecular flexibility index (Phi) is 4.52. The second-order valence-electron chi connectivity index (χ2n) is 4.06. The van der Waals surface area contributed by atoms with Crippen molar-refractivity contribution in [3.8, 4) is 0 Å². The highest BCUT2D eigenvalue weighted by atomic mass is 79.9. The van der Waals surface area contributed by atoms with Crippen LogP contribution in [0.15, 0.2) is 24.3 Å². The number of carbonyl (C=O) groups excluding carboxylic acids is 1. The number of rotatable bonds is 4. The van der Waals surface area contributed by atoms with Gasteiger partial charge in [0.25, 0.3) is 0 Å². The fraction of sp³-hybridized carbons (Fsp3) is 0.462. The van der Waals surface area contributed by atoms with Gasteiger partial charge in [-0.15, -0.1) is 0 Å². The molecule has 1 rings (SSSR count). The average molecular weight is 269 g/mol. The molecular formula is C13H17BrO. The Morgan fingerprint density at radius 1 is 1.27 bits per heavy atom. The highest BCUT2D eigenvalue weighted by molar-refractivity contribution is 9.10. The van der Waals surface area contributed by atoms with E-state index in [1.807, 2.05) is 38.1 Å². The molecule has 0 fully saturated rings. The number of alkyl halides is 1. The van der Waals surface area contributed by atoms with Crippen molar-refractivity contribution in [1.82, 2.24) is 0 Å². The predicted molar refractivity (Wildman–Crippen MR) is 67.7 cm³/mol. The number of carbonyl (C=O) groups is 1. The smallest absolute Gasteiger partial charge is 0.176 e. The molecule has 0 bridgehead atoms. The van der Waals surface area contributed by atoms with Gasteiger partial charge < -0.3 is 0 Å². The summed E-state index contributed by atoms with van der Waals surface area (Å²) in [5.74, 6) is 0.496. The molecule has 1 unspecified atom stereocenters. The van der Waals surface area contributed by atoms with E-state index < -0.39 is 0 Å². The maximum Gasteiger partial charge on any atom is 0.176 e. The molecule has 0 saturated heterocycles. The van der Waals surface area contributed by atoms with Crippen molar-refractivity contribution >= 4 is 21.7 Å². The highest BCUT2D eigenvalue weighted by Gasteiger charge is 2.19. The van der Waals surface area contributed by atoms with Crippen LogP contribution in [0, 0.1) is 5.92 Å². The number of aryl methyl sites for hydroxylation is 1. The number of ketones is 1. The monoisotopic (exact) mass is 268 g/mol. The first-order valence-corrected chi connectivity index (χ1v) is 6.25. The van der Waals surface area contributed by atoms with Crippen LogP contribution < -0.4 is 0 Å². The number of halogens is 1. The Labute approximate surface area is 100 Å². The molecule has 0 radical (unpaired) electrons. The van der Waals surface area contributed by atoms with Crippen LogP contribution >= 0.6 is 15.9 Å². The second-order valence-corrected chi connectivity index (χ2v) is 5.05. The van der Waals surface area contributed by atoms with Gasteiger partial charge in [-0.3, -0.25) is 4.79 Å². The summed E-state index contributed by atoms with van der Waals surface area (Å²) in [5, 5.41) is 0. The first-order valence-electron chi connectivity index (χ1n) is 5.33. The van der Waals surface area contributed by atoms with E-state index in [9.17, 15) is 4.79 Å². The largest absolute Gasteiger partial charge is 0.293 e. The Morgan fingerprint density at radius 2 is 1.80 bits per heavy atom. The second kappa shape index (κ2) is 5.45. The van der Waals surface area contributed by atoms with Gasteiger partial charge in [0.2, 0.25) is 0 Å². The quantitative estimate of drug-likeness (QED) is 0.599. The van der Waals surface area contributed by atoms with Crippen LogP contribution in [-0.2, 0) is 6.42 Å². The zero-order valence-electron chi connectivity index (χ0n) is 9.46. The molecule has 1 nitrogen and oxygen atoms in total. The molecule has 0 spiro atoms. The van der Waals surface area contributed by atoms with Crippen LogP contribution in [0.1, 0.15) is 36.7 Å². The van der Waals surface area contributed by atoms with E-state index in [0.717, 1.165) is 12.0 Å². The van der Waals surface area contributed by atoms with Gasteiger partial charge in [0.05, 0.1) is 4.83 Å². The molecule has 1 aromatic carbocycles. The fourth-order valence-corrected chi connectivity index (χ4v) is 1.63. The fourth-order valence-electron chi connectivity index (χ4n) is 1.37. The van der Waals surface area contributed by atoms with E-state index in [4.69, 9.17) is 0 Å². The van der Waals surface area contributed by atoms with Crippen molar-refractivity contribution in [2.24, 2.45) is 5.92 Å². The summed E-state index contributed by atoms with van der Waals surface area (Å²) in [5.41, 5.74) is 2.06. The number of hydrogen-bond donors (Lipinski definition) is 0. The molecule has 82 valence electrons. The molecule has 15 heavy (non-hydrogen) atoms. The van der Waals surface area contributed by atoms with E-state index >= 15 is 0 Å².